The molecule has 0 fully saturated rings. The molecule has 3 N–H and O–H groups in total. The van der Waals surface area contributed by atoms with Crippen molar-refractivity contribution >= 4 is 27.6 Å². The van der Waals surface area contributed by atoms with E-state index in [9.17, 15) is 8.42 Å². The van der Waals surface area contributed by atoms with Crippen molar-refractivity contribution in [2.24, 2.45) is 4.99 Å². The van der Waals surface area contributed by atoms with Crippen LogP contribution in [-0.2, 0) is 28.7 Å². The Kier molecular flexibility index (Phi) is 8.88. The average Bonchev–Trinajstić information content (AvgIpc) is 2.65. The summed E-state index contributed by atoms with van der Waals surface area (Å²) in [5, 5.41) is 6.95. The topological polar surface area (TPSA) is 95.5 Å². The van der Waals surface area contributed by atoms with Crippen LogP contribution in [0.5, 0.6) is 0 Å². The molecular formula is C20H28ClN5O2S. The van der Waals surface area contributed by atoms with Crippen molar-refractivity contribution in [1.82, 2.24) is 20.3 Å². The third-order valence-corrected chi connectivity index (χ3v) is 5.79. The minimum absolute atomic E-state index is 0.0569. The van der Waals surface area contributed by atoms with Crippen LogP contribution in [0.3, 0.4) is 0 Å². The quantitative estimate of drug-likeness (QED) is 0.318. The molecule has 0 unspecified atom stereocenters. The lowest BCUT2D eigenvalue weighted by molar-refractivity contribution is 0.568. The number of hydrogen-bond acceptors (Lipinski definition) is 4. The van der Waals surface area contributed by atoms with Gasteiger partial charge in [0.2, 0.25) is 10.0 Å². The maximum absolute atomic E-state index is 12.3. The van der Waals surface area contributed by atoms with Gasteiger partial charge in [-0.05, 0) is 43.0 Å². The number of halogens is 1. The smallest absolute Gasteiger partial charge is 0.216 e. The Bertz CT molecular complexity index is 915. The number of nitrogens with one attached hydrogen (secondary N) is 3. The van der Waals surface area contributed by atoms with Crippen LogP contribution in [0, 0.1) is 0 Å². The summed E-state index contributed by atoms with van der Waals surface area (Å²) >= 11 is 5.80. The number of aliphatic imine (C=N–C) groups is 1. The average molecular weight is 438 g/mol. The monoisotopic (exact) mass is 437 g/mol. The second-order valence-corrected chi connectivity index (χ2v) is 9.03. The molecule has 2 aromatic rings. The van der Waals surface area contributed by atoms with Crippen molar-refractivity contribution < 1.29 is 8.42 Å². The molecule has 0 atom stereocenters. The Hall–Kier alpha value is -2.16. The minimum atomic E-state index is -3.39. The summed E-state index contributed by atoms with van der Waals surface area (Å²) < 4.78 is 27.2. The molecule has 1 aromatic heterocycles. The minimum Gasteiger partial charge on any atom is -0.356 e. The third-order valence-electron chi connectivity index (χ3n) is 4.04. The lowest BCUT2D eigenvalue weighted by Gasteiger charge is -2.15. The van der Waals surface area contributed by atoms with Crippen molar-refractivity contribution in [3.8, 4) is 0 Å². The Morgan fingerprint density at radius 3 is 2.48 bits per heavy atom. The zero-order valence-electron chi connectivity index (χ0n) is 16.9. The molecule has 0 bridgehead atoms. The second-order valence-electron chi connectivity index (χ2n) is 6.89. The maximum atomic E-state index is 12.3. The van der Waals surface area contributed by atoms with Crippen LogP contribution in [0.1, 0.15) is 30.5 Å². The molecule has 0 radical (unpaired) electrons. The van der Waals surface area contributed by atoms with Gasteiger partial charge >= 0.3 is 0 Å². The fourth-order valence-corrected chi connectivity index (χ4v) is 4.36. The van der Waals surface area contributed by atoms with Gasteiger partial charge in [-0.3, -0.25) is 4.99 Å². The Morgan fingerprint density at radius 2 is 1.86 bits per heavy atom. The molecule has 0 aliphatic rings. The van der Waals surface area contributed by atoms with Crippen LogP contribution >= 0.6 is 11.6 Å². The van der Waals surface area contributed by atoms with Crippen LogP contribution in [0.4, 0.5) is 0 Å². The Balaban J connectivity index is 1.91. The van der Waals surface area contributed by atoms with Crippen molar-refractivity contribution in [2.45, 2.75) is 38.6 Å². The van der Waals surface area contributed by atoms with E-state index in [-0.39, 0.29) is 11.8 Å². The summed E-state index contributed by atoms with van der Waals surface area (Å²) in [4.78, 5) is 8.29. The lowest BCUT2D eigenvalue weighted by atomic mass is 10.1. The normalized spacial score (nSPS) is 12.2. The Labute approximate surface area is 178 Å². The first-order valence-corrected chi connectivity index (χ1v) is 11.4. The fourth-order valence-electron chi connectivity index (χ4n) is 2.76. The van der Waals surface area contributed by atoms with Crippen molar-refractivity contribution in [2.75, 3.05) is 13.6 Å². The van der Waals surface area contributed by atoms with E-state index in [1.807, 2.05) is 30.3 Å². The second kappa shape index (κ2) is 11.1. The van der Waals surface area contributed by atoms with Gasteiger partial charge in [0.15, 0.2) is 5.96 Å². The summed E-state index contributed by atoms with van der Waals surface area (Å²) in [6.45, 7) is 4.76. The summed E-state index contributed by atoms with van der Waals surface area (Å²) in [6, 6.07) is 11.1. The fraction of sp³-hybridized carbons (Fsp3) is 0.400. The molecule has 29 heavy (non-hydrogen) atoms. The van der Waals surface area contributed by atoms with Crippen LogP contribution in [-0.4, -0.2) is 39.0 Å². The molecule has 0 saturated heterocycles. The third kappa shape index (κ3) is 8.39. The van der Waals surface area contributed by atoms with Crippen molar-refractivity contribution in [3.63, 3.8) is 0 Å². The molecular weight excluding hydrogens is 410 g/mol. The largest absolute Gasteiger partial charge is 0.356 e. The highest BCUT2D eigenvalue weighted by Gasteiger charge is 2.15. The van der Waals surface area contributed by atoms with Gasteiger partial charge in [0.1, 0.15) is 5.15 Å². The molecule has 0 saturated carbocycles. The predicted octanol–water partition coefficient (Wildman–Crippen LogP) is 2.47. The van der Waals surface area contributed by atoms with Gasteiger partial charge < -0.3 is 10.6 Å². The zero-order valence-corrected chi connectivity index (χ0v) is 18.5. The molecule has 2 rings (SSSR count). The van der Waals surface area contributed by atoms with Gasteiger partial charge in [-0.1, -0.05) is 41.9 Å². The summed E-state index contributed by atoms with van der Waals surface area (Å²) in [6.07, 6.45) is 2.53. The van der Waals surface area contributed by atoms with Crippen LogP contribution in [0.25, 0.3) is 0 Å². The van der Waals surface area contributed by atoms with Crippen LogP contribution in [0.15, 0.2) is 47.6 Å². The van der Waals surface area contributed by atoms with Crippen molar-refractivity contribution in [1.29, 1.82) is 0 Å². The van der Waals surface area contributed by atoms with Crippen LogP contribution < -0.4 is 15.4 Å². The van der Waals surface area contributed by atoms with E-state index in [0.29, 0.717) is 24.2 Å². The summed E-state index contributed by atoms with van der Waals surface area (Å²) in [5.41, 5.74) is 2.74. The number of sulfonamides is 1. The summed E-state index contributed by atoms with van der Waals surface area (Å²) in [5.74, 6) is 0.587. The molecule has 0 amide bonds. The number of benzene rings is 1. The first-order chi connectivity index (χ1) is 13.8. The van der Waals surface area contributed by atoms with Crippen LogP contribution in [0.2, 0.25) is 5.15 Å². The standard InChI is InChI=1S/C20H28ClN5O2S/c1-15(2)26-29(27,28)14-18-7-5-4-6-17(18)13-25-20(22-3)23-11-10-16-8-9-19(21)24-12-16/h4-9,12,15,26H,10-11,13-14H2,1-3H3,(H2,22,23,25). The molecule has 9 heteroatoms. The Morgan fingerprint density at radius 1 is 1.14 bits per heavy atom. The molecule has 7 nitrogen and oxygen atoms in total. The van der Waals surface area contributed by atoms with Gasteiger partial charge in [0.25, 0.3) is 0 Å². The van der Waals surface area contributed by atoms with E-state index < -0.39 is 10.0 Å². The van der Waals surface area contributed by atoms with Crippen molar-refractivity contribution in [3.05, 3.63) is 64.4 Å². The molecule has 0 aliphatic heterocycles. The molecule has 0 spiro atoms. The highest BCUT2D eigenvalue weighted by Crippen LogP contribution is 2.12. The van der Waals surface area contributed by atoms with E-state index in [2.05, 4.69) is 25.3 Å². The molecule has 0 aliphatic carbocycles. The first kappa shape index (κ1) is 23.1. The number of hydrogen-bond donors (Lipinski definition) is 3. The van der Waals surface area contributed by atoms with Gasteiger partial charge in [0, 0.05) is 32.4 Å². The molecule has 1 aromatic carbocycles. The number of guanidine groups is 1. The number of rotatable bonds is 9. The van der Waals surface area contributed by atoms with E-state index in [4.69, 9.17) is 11.6 Å². The van der Waals surface area contributed by atoms with Gasteiger partial charge in [-0.15, -0.1) is 0 Å². The number of nitrogens with zero attached hydrogens (tertiary/aromatic N) is 2. The predicted molar refractivity (Wildman–Crippen MR) is 118 cm³/mol. The highest BCUT2D eigenvalue weighted by molar-refractivity contribution is 7.88. The molecule has 158 valence electrons. The maximum Gasteiger partial charge on any atom is 0.216 e. The summed E-state index contributed by atoms with van der Waals surface area (Å²) in [7, 11) is -1.69. The lowest BCUT2D eigenvalue weighted by Crippen LogP contribution is -2.38. The van der Waals surface area contributed by atoms with E-state index >= 15 is 0 Å². The molecule has 1 heterocycles. The highest BCUT2D eigenvalue weighted by atomic mass is 35.5. The number of pyridine rings is 1. The van der Waals surface area contributed by atoms with Gasteiger partial charge in [-0.2, -0.15) is 0 Å². The SMILES string of the molecule is CN=C(NCCc1ccc(Cl)nc1)NCc1ccccc1CS(=O)(=O)NC(C)C. The number of aromatic nitrogens is 1. The van der Waals surface area contributed by atoms with Gasteiger partial charge in [-0.25, -0.2) is 18.1 Å². The zero-order chi connectivity index (χ0) is 21.3. The van der Waals surface area contributed by atoms with Gasteiger partial charge in [0.05, 0.1) is 5.75 Å². The first-order valence-electron chi connectivity index (χ1n) is 9.41. The van der Waals surface area contributed by atoms with E-state index in [1.165, 1.54) is 0 Å². The van der Waals surface area contributed by atoms with E-state index in [0.717, 1.165) is 23.1 Å². The van der Waals surface area contributed by atoms with E-state index in [1.54, 1.807) is 33.2 Å².